The fourth-order valence-corrected chi connectivity index (χ4v) is 5.86. The molecule has 1 fully saturated rings. The third kappa shape index (κ3) is 3.73. The van der Waals surface area contributed by atoms with Gasteiger partial charge in [-0.3, -0.25) is 15.0 Å². The molecule has 7 heteroatoms. The zero-order valence-corrected chi connectivity index (χ0v) is 20.0. The van der Waals surface area contributed by atoms with E-state index in [1.807, 2.05) is 18.5 Å². The number of pyridine rings is 2. The predicted molar refractivity (Wildman–Crippen MR) is 142 cm³/mol. The van der Waals surface area contributed by atoms with E-state index in [1.54, 1.807) is 11.3 Å². The van der Waals surface area contributed by atoms with Crippen molar-refractivity contribution in [3.8, 4) is 33.1 Å². The van der Waals surface area contributed by atoms with Crippen molar-refractivity contribution < 1.29 is 0 Å². The van der Waals surface area contributed by atoms with Gasteiger partial charge < -0.3 is 4.98 Å². The maximum Gasteiger partial charge on any atom is 0.135 e. The van der Waals surface area contributed by atoms with Gasteiger partial charge in [-0.1, -0.05) is 18.2 Å². The van der Waals surface area contributed by atoms with E-state index in [-0.39, 0.29) is 0 Å². The van der Waals surface area contributed by atoms with Crippen LogP contribution < -0.4 is 0 Å². The lowest BCUT2D eigenvalue weighted by Crippen LogP contribution is -2.18. The highest BCUT2D eigenvalue weighted by molar-refractivity contribution is 7.13. The molecule has 0 saturated carbocycles. The van der Waals surface area contributed by atoms with Crippen LogP contribution in [0.5, 0.6) is 0 Å². The van der Waals surface area contributed by atoms with Gasteiger partial charge in [-0.05, 0) is 73.3 Å². The molecule has 35 heavy (non-hydrogen) atoms. The topological polar surface area (TPSA) is 73.5 Å². The first-order valence-corrected chi connectivity index (χ1v) is 12.9. The molecule has 6 heterocycles. The van der Waals surface area contributed by atoms with Crippen LogP contribution in [0, 0.1) is 0 Å². The Hall–Kier alpha value is -3.81. The number of hydrogen-bond acceptors (Lipinski definition) is 5. The van der Waals surface area contributed by atoms with Crippen LogP contribution in [-0.2, 0) is 6.54 Å². The Morgan fingerprint density at radius 1 is 0.943 bits per heavy atom. The van der Waals surface area contributed by atoms with E-state index in [1.165, 1.54) is 47.3 Å². The molecule has 1 aromatic carbocycles. The van der Waals surface area contributed by atoms with Gasteiger partial charge in [0.25, 0.3) is 0 Å². The lowest BCUT2D eigenvalue weighted by Gasteiger charge is -2.14. The number of thiophene rings is 1. The summed E-state index contributed by atoms with van der Waals surface area (Å²) < 4.78 is 0. The molecule has 1 saturated heterocycles. The maximum absolute atomic E-state index is 5.03. The number of nitrogens with one attached hydrogen (secondary N) is 2. The van der Waals surface area contributed by atoms with E-state index in [2.05, 4.69) is 79.0 Å². The number of nitrogens with zero attached hydrogens (tertiary/aromatic N) is 4. The van der Waals surface area contributed by atoms with Crippen molar-refractivity contribution in [2.45, 2.75) is 19.4 Å². The quantitative estimate of drug-likeness (QED) is 0.298. The SMILES string of the molecule is c1csc(-c2cccc3[nH]c(-c4n[nH]c5ccc(-c6cncc(CN7CCCC7)c6)nc45)cc23)c1. The minimum atomic E-state index is 0.830. The molecular weight excluding hydrogens is 452 g/mol. The highest BCUT2D eigenvalue weighted by Gasteiger charge is 2.16. The van der Waals surface area contributed by atoms with Crippen LogP contribution in [0.25, 0.3) is 55.0 Å². The van der Waals surface area contributed by atoms with E-state index >= 15 is 0 Å². The third-order valence-corrected chi connectivity index (χ3v) is 7.71. The Labute approximate surface area is 206 Å². The van der Waals surface area contributed by atoms with E-state index in [0.29, 0.717) is 0 Å². The third-order valence-electron chi connectivity index (χ3n) is 6.81. The number of aromatic nitrogens is 5. The van der Waals surface area contributed by atoms with Gasteiger partial charge in [-0.2, -0.15) is 5.10 Å². The molecule has 0 amide bonds. The van der Waals surface area contributed by atoms with Crippen molar-refractivity contribution in [1.82, 2.24) is 30.0 Å². The highest BCUT2D eigenvalue weighted by atomic mass is 32.1. The molecule has 0 spiro atoms. The summed E-state index contributed by atoms with van der Waals surface area (Å²) in [6, 6.07) is 19.1. The number of hydrogen-bond donors (Lipinski definition) is 2. The smallest absolute Gasteiger partial charge is 0.135 e. The van der Waals surface area contributed by atoms with Crippen molar-refractivity contribution in [3.63, 3.8) is 0 Å². The van der Waals surface area contributed by atoms with Crippen LogP contribution in [0.2, 0.25) is 0 Å². The number of likely N-dealkylation sites (tertiary alicyclic amines) is 1. The summed E-state index contributed by atoms with van der Waals surface area (Å²) >= 11 is 1.75. The summed E-state index contributed by atoms with van der Waals surface area (Å²) in [5.41, 5.74) is 9.07. The molecule has 2 N–H and O–H groups in total. The fourth-order valence-electron chi connectivity index (χ4n) is 5.09. The summed E-state index contributed by atoms with van der Waals surface area (Å²) in [6.45, 7) is 3.29. The number of H-pyrrole nitrogens is 2. The lowest BCUT2D eigenvalue weighted by molar-refractivity contribution is 0.331. The van der Waals surface area contributed by atoms with Crippen molar-refractivity contribution >= 4 is 33.3 Å². The molecule has 6 nitrogen and oxygen atoms in total. The van der Waals surface area contributed by atoms with Gasteiger partial charge in [0, 0.05) is 45.8 Å². The lowest BCUT2D eigenvalue weighted by atomic mass is 10.1. The molecule has 0 radical (unpaired) electrons. The Bertz CT molecular complexity index is 1640. The van der Waals surface area contributed by atoms with Crippen molar-refractivity contribution in [2.24, 2.45) is 0 Å². The Morgan fingerprint density at radius 3 is 2.77 bits per heavy atom. The van der Waals surface area contributed by atoms with Crippen LogP contribution in [-0.4, -0.2) is 43.1 Å². The molecule has 0 aliphatic carbocycles. The number of benzene rings is 1. The zero-order chi connectivity index (χ0) is 23.2. The molecule has 0 atom stereocenters. The van der Waals surface area contributed by atoms with Crippen molar-refractivity contribution in [3.05, 3.63) is 77.9 Å². The molecule has 5 aromatic heterocycles. The summed E-state index contributed by atoms with van der Waals surface area (Å²) in [4.78, 5) is 16.9. The number of aromatic amines is 2. The van der Waals surface area contributed by atoms with Crippen molar-refractivity contribution in [2.75, 3.05) is 13.1 Å². The minimum Gasteiger partial charge on any atom is -0.353 e. The summed E-state index contributed by atoms with van der Waals surface area (Å²) in [6.07, 6.45) is 6.45. The Balaban J connectivity index is 1.28. The van der Waals surface area contributed by atoms with Gasteiger partial charge >= 0.3 is 0 Å². The average molecular weight is 477 g/mol. The largest absolute Gasteiger partial charge is 0.353 e. The molecular formula is C28H24N6S. The van der Waals surface area contributed by atoms with E-state index in [4.69, 9.17) is 4.98 Å². The van der Waals surface area contributed by atoms with Gasteiger partial charge in [0.05, 0.1) is 16.9 Å². The summed E-state index contributed by atoms with van der Waals surface area (Å²) in [7, 11) is 0. The normalized spacial score (nSPS) is 14.4. The summed E-state index contributed by atoms with van der Waals surface area (Å²) in [5.74, 6) is 0. The van der Waals surface area contributed by atoms with Gasteiger partial charge in [-0.15, -0.1) is 11.3 Å². The molecule has 7 rings (SSSR count). The molecule has 0 bridgehead atoms. The second-order valence-corrected chi connectivity index (χ2v) is 10.1. The van der Waals surface area contributed by atoms with Crippen LogP contribution >= 0.6 is 11.3 Å². The molecule has 1 aliphatic rings. The number of fused-ring (bicyclic) bond motifs is 2. The van der Waals surface area contributed by atoms with Gasteiger partial charge in [0.15, 0.2) is 0 Å². The van der Waals surface area contributed by atoms with Crippen LogP contribution in [0.1, 0.15) is 18.4 Å². The predicted octanol–water partition coefficient (Wildman–Crippen LogP) is 6.49. The van der Waals surface area contributed by atoms with Crippen LogP contribution in [0.3, 0.4) is 0 Å². The number of rotatable bonds is 5. The molecule has 6 aromatic rings. The summed E-state index contributed by atoms with van der Waals surface area (Å²) in [5, 5.41) is 11.1. The Morgan fingerprint density at radius 2 is 1.89 bits per heavy atom. The average Bonchev–Trinajstić information content (AvgIpc) is 3.70. The van der Waals surface area contributed by atoms with Crippen molar-refractivity contribution in [1.29, 1.82) is 0 Å². The second kappa shape index (κ2) is 8.45. The highest BCUT2D eigenvalue weighted by Crippen LogP contribution is 2.35. The van der Waals surface area contributed by atoms with Gasteiger partial charge in [-0.25, -0.2) is 4.98 Å². The maximum atomic E-state index is 5.03. The molecule has 1 aliphatic heterocycles. The zero-order valence-electron chi connectivity index (χ0n) is 19.2. The standard InChI is InChI=1S/C28H24N6S/c1-2-11-34(10-1)17-18-13-19(16-29-15-18)22-8-9-24-27(31-22)28(33-32-24)25-14-21-20(26-7-4-12-35-26)5-3-6-23(21)30-25/h3-9,12-16,30H,1-2,10-11,17H2,(H,32,33). The van der Waals surface area contributed by atoms with Gasteiger partial charge in [0.1, 0.15) is 11.2 Å². The first-order valence-electron chi connectivity index (χ1n) is 12.0. The minimum absolute atomic E-state index is 0.830. The Kier molecular flexibility index (Phi) is 4.96. The fraction of sp³-hybridized carbons (Fsp3) is 0.179. The van der Waals surface area contributed by atoms with E-state index in [0.717, 1.165) is 45.7 Å². The molecule has 172 valence electrons. The van der Waals surface area contributed by atoms with Crippen LogP contribution in [0.15, 0.2) is 72.4 Å². The van der Waals surface area contributed by atoms with Crippen LogP contribution in [0.4, 0.5) is 0 Å². The molecule has 0 unspecified atom stereocenters. The van der Waals surface area contributed by atoms with E-state index < -0.39 is 0 Å². The first kappa shape index (κ1) is 20.6. The second-order valence-electron chi connectivity index (χ2n) is 9.16. The van der Waals surface area contributed by atoms with Gasteiger partial charge in [0.2, 0.25) is 0 Å². The monoisotopic (exact) mass is 476 g/mol. The first-order chi connectivity index (χ1) is 17.3. The van der Waals surface area contributed by atoms with E-state index in [9.17, 15) is 0 Å².